The maximum Gasteiger partial charge on any atom is 0.336 e. The van der Waals surface area contributed by atoms with Gasteiger partial charge in [0.2, 0.25) is 11.8 Å². The molecule has 160 valence electrons. The highest BCUT2D eigenvalue weighted by Crippen LogP contribution is 2.47. The van der Waals surface area contributed by atoms with Crippen LogP contribution in [0.5, 0.6) is 5.75 Å². The highest BCUT2D eigenvalue weighted by molar-refractivity contribution is 6.22. The van der Waals surface area contributed by atoms with Crippen LogP contribution in [-0.4, -0.2) is 18.4 Å². The normalized spacial score (nSPS) is 24.3. The number of ether oxygens (including phenoxy) is 1. The summed E-state index contributed by atoms with van der Waals surface area (Å²) in [6.45, 7) is 2.23. The van der Waals surface area contributed by atoms with Crippen LogP contribution in [0, 0.1) is 24.7 Å². The number of carbonyl (C=O) groups is 2. The van der Waals surface area contributed by atoms with Gasteiger partial charge < -0.3 is 9.15 Å². The van der Waals surface area contributed by atoms with Crippen LogP contribution in [0.4, 0.5) is 5.69 Å². The van der Waals surface area contributed by atoms with Crippen molar-refractivity contribution in [3.63, 3.8) is 0 Å². The quantitative estimate of drug-likeness (QED) is 0.336. The Morgan fingerprint density at radius 2 is 1.78 bits per heavy atom. The Hall–Kier alpha value is -3.67. The molecule has 0 bridgehead atoms. The van der Waals surface area contributed by atoms with E-state index in [1.807, 2.05) is 37.3 Å². The van der Waals surface area contributed by atoms with Gasteiger partial charge >= 0.3 is 5.63 Å². The lowest BCUT2D eigenvalue weighted by molar-refractivity contribution is -0.122. The van der Waals surface area contributed by atoms with Gasteiger partial charge in [-0.3, -0.25) is 14.5 Å². The number of carbonyl (C=O) groups excluding carboxylic acids is 2. The van der Waals surface area contributed by atoms with Crippen LogP contribution in [0.3, 0.4) is 0 Å². The third-order valence-corrected chi connectivity index (χ3v) is 7.03. The minimum absolute atomic E-state index is 0.146. The standard InChI is InChI=1S/C26H21NO5/c1-14-11-22(28)32-24-17(14)9-10-21-20(24)12-19-15(13-31-21)7-8-18-23(19)26(30)27(25(18)29)16-5-3-2-4-6-16/h2-7,9-11,18-19,23H,8,12-13H2,1H3/t18-,19+,23-/m1/s1. The average Bonchev–Trinajstić information content (AvgIpc) is 2.93. The Kier molecular flexibility index (Phi) is 4.12. The maximum absolute atomic E-state index is 13.6. The van der Waals surface area contributed by atoms with Crippen molar-refractivity contribution >= 4 is 28.5 Å². The van der Waals surface area contributed by atoms with E-state index in [4.69, 9.17) is 9.15 Å². The number of hydrogen-bond acceptors (Lipinski definition) is 5. The molecule has 0 N–H and O–H groups in total. The summed E-state index contributed by atoms with van der Waals surface area (Å²) in [4.78, 5) is 40.3. The lowest BCUT2D eigenvalue weighted by Crippen LogP contribution is -2.34. The van der Waals surface area contributed by atoms with Crippen LogP contribution in [-0.2, 0) is 16.0 Å². The lowest BCUT2D eigenvalue weighted by Gasteiger charge is -2.30. The first kappa shape index (κ1) is 19.0. The summed E-state index contributed by atoms with van der Waals surface area (Å²) in [5, 5.41) is 0.853. The molecule has 1 aliphatic carbocycles. The fourth-order valence-electron chi connectivity index (χ4n) is 5.50. The maximum atomic E-state index is 13.6. The summed E-state index contributed by atoms with van der Waals surface area (Å²) in [6, 6.07) is 14.4. The molecule has 1 fully saturated rings. The molecule has 6 heteroatoms. The van der Waals surface area contributed by atoms with Crippen molar-refractivity contribution in [2.75, 3.05) is 11.5 Å². The van der Waals surface area contributed by atoms with Crippen LogP contribution in [0.1, 0.15) is 17.5 Å². The molecule has 6 nitrogen and oxygen atoms in total. The van der Waals surface area contributed by atoms with E-state index < -0.39 is 11.5 Å². The Morgan fingerprint density at radius 1 is 0.969 bits per heavy atom. The van der Waals surface area contributed by atoms with Crippen LogP contribution in [0.25, 0.3) is 11.0 Å². The zero-order chi connectivity index (χ0) is 22.0. The van der Waals surface area contributed by atoms with Crippen molar-refractivity contribution < 1.29 is 18.7 Å². The monoisotopic (exact) mass is 427 g/mol. The molecule has 2 aliphatic heterocycles. The molecule has 2 aromatic carbocycles. The van der Waals surface area contributed by atoms with Crippen LogP contribution in [0.2, 0.25) is 0 Å². The molecule has 32 heavy (non-hydrogen) atoms. The summed E-state index contributed by atoms with van der Waals surface area (Å²) in [7, 11) is 0. The third kappa shape index (κ3) is 2.68. The Bertz CT molecular complexity index is 1370. The number of amides is 2. The number of allylic oxidation sites excluding steroid dienone is 1. The molecule has 0 spiro atoms. The van der Waals surface area contributed by atoms with Crippen molar-refractivity contribution in [2.45, 2.75) is 19.8 Å². The number of aryl methyl sites for hydroxylation is 1. The van der Waals surface area contributed by atoms with Crippen molar-refractivity contribution in [1.82, 2.24) is 0 Å². The number of para-hydroxylation sites is 1. The Morgan fingerprint density at radius 3 is 2.59 bits per heavy atom. The summed E-state index contributed by atoms with van der Waals surface area (Å²) >= 11 is 0. The van der Waals surface area contributed by atoms with Gasteiger partial charge in [-0.25, -0.2) is 4.79 Å². The summed E-state index contributed by atoms with van der Waals surface area (Å²) in [6.07, 6.45) is 3.06. The van der Waals surface area contributed by atoms with Gasteiger partial charge in [0.1, 0.15) is 17.9 Å². The molecule has 3 atom stereocenters. The Balaban J connectivity index is 1.46. The first-order valence-corrected chi connectivity index (χ1v) is 10.8. The van der Waals surface area contributed by atoms with Gasteiger partial charge in [0.25, 0.3) is 0 Å². The van der Waals surface area contributed by atoms with E-state index in [0.29, 0.717) is 36.5 Å². The van der Waals surface area contributed by atoms with E-state index in [-0.39, 0.29) is 23.7 Å². The third-order valence-electron chi connectivity index (χ3n) is 7.03. The predicted molar refractivity (Wildman–Crippen MR) is 119 cm³/mol. The van der Waals surface area contributed by atoms with Crippen molar-refractivity contribution in [3.05, 3.63) is 81.7 Å². The number of rotatable bonds is 1. The summed E-state index contributed by atoms with van der Waals surface area (Å²) in [5.41, 5.74) is 3.36. The Labute approximate surface area is 184 Å². The van der Waals surface area contributed by atoms with E-state index in [1.165, 1.54) is 11.0 Å². The predicted octanol–water partition coefficient (Wildman–Crippen LogP) is 3.79. The molecule has 0 saturated carbocycles. The zero-order valence-electron chi connectivity index (χ0n) is 17.5. The zero-order valence-corrected chi connectivity index (χ0v) is 17.5. The number of hydrogen-bond donors (Lipinski definition) is 0. The van der Waals surface area contributed by atoms with Gasteiger partial charge in [-0.05, 0) is 61.1 Å². The first-order chi connectivity index (χ1) is 15.5. The molecule has 6 rings (SSSR count). The second-order valence-electron chi connectivity index (χ2n) is 8.76. The summed E-state index contributed by atoms with van der Waals surface area (Å²) < 4.78 is 11.7. The van der Waals surface area contributed by atoms with Gasteiger partial charge in [-0.2, -0.15) is 0 Å². The fourth-order valence-corrected chi connectivity index (χ4v) is 5.50. The number of imide groups is 1. The number of nitrogens with zero attached hydrogens (tertiary/aromatic N) is 1. The van der Waals surface area contributed by atoms with Crippen molar-refractivity contribution in [1.29, 1.82) is 0 Å². The highest BCUT2D eigenvalue weighted by atomic mass is 16.5. The fraction of sp³-hybridized carbons (Fsp3) is 0.269. The average molecular weight is 427 g/mol. The molecular formula is C26H21NO5. The van der Waals surface area contributed by atoms with Gasteiger partial charge in [-0.1, -0.05) is 24.3 Å². The SMILES string of the molecule is Cc1cc(=O)oc2c3c(ccc12)OCC1=CC[C@H]2C(=O)N(c4ccccc4)C(=O)[C@H]2[C@H]1C3. The van der Waals surface area contributed by atoms with E-state index in [9.17, 15) is 14.4 Å². The molecule has 3 heterocycles. The second-order valence-corrected chi connectivity index (χ2v) is 8.76. The molecule has 1 aromatic heterocycles. The molecule has 3 aromatic rings. The first-order valence-electron chi connectivity index (χ1n) is 10.8. The molecule has 0 radical (unpaired) electrons. The van der Waals surface area contributed by atoms with E-state index in [0.717, 1.165) is 22.1 Å². The lowest BCUT2D eigenvalue weighted by atomic mass is 9.71. The molecule has 3 aliphatic rings. The van der Waals surface area contributed by atoms with E-state index in [1.54, 1.807) is 12.1 Å². The molecule has 2 amide bonds. The second kappa shape index (κ2) is 6.92. The van der Waals surface area contributed by atoms with E-state index >= 15 is 0 Å². The minimum atomic E-state index is -0.455. The molecule has 1 saturated heterocycles. The van der Waals surface area contributed by atoms with Gasteiger partial charge in [0.15, 0.2) is 0 Å². The summed E-state index contributed by atoms with van der Waals surface area (Å²) in [5.74, 6) is -0.674. The smallest absolute Gasteiger partial charge is 0.336 e. The molecule has 0 unspecified atom stereocenters. The number of anilines is 1. The number of benzene rings is 2. The highest BCUT2D eigenvalue weighted by Gasteiger charge is 2.53. The molecular weight excluding hydrogens is 406 g/mol. The van der Waals surface area contributed by atoms with Gasteiger partial charge in [-0.15, -0.1) is 0 Å². The topological polar surface area (TPSA) is 76.8 Å². The minimum Gasteiger partial charge on any atom is -0.489 e. The van der Waals surface area contributed by atoms with Crippen molar-refractivity contribution in [2.24, 2.45) is 17.8 Å². The number of fused-ring (bicyclic) bond motifs is 6. The van der Waals surface area contributed by atoms with Crippen molar-refractivity contribution in [3.8, 4) is 5.75 Å². The van der Waals surface area contributed by atoms with Gasteiger partial charge in [0.05, 0.1) is 17.5 Å². The van der Waals surface area contributed by atoms with Crippen LogP contribution >= 0.6 is 0 Å². The largest absolute Gasteiger partial charge is 0.489 e. The van der Waals surface area contributed by atoms with Crippen LogP contribution < -0.4 is 15.3 Å². The van der Waals surface area contributed by atoms with Gasteiger partial charge in [0, 0.05) is 17.0 Å². The van der Waals surface area contributed by atoms with E-state index in [2.05, 4.69) is 6.08 Å². The van der Waals surface area contributed by atoms with Crippen LogP contribution in [0.15, 0.2) is 69.4 Å².